The lowest BCUT2D eigenvalue weighted by Gasteiger charge is -2.41. The van der Waals surface area contributed by atoms with Gasteiger partial charge >= 0.3 is 0 Å². The van der Waals surface area contributed by atoms with E-state index in [-0.39, 0.29) is 6.10 Å². The van der Waals surface area contributed by atoms with Crippen molar-refractivity contribution >= 4 is 5.82 Å². The zero-order valence-corrected chi connectivity index (χ0v) is 11.6. The maximum atomic E-state index is 5.56. The van der Waals surface area contributed by atoms with Gasteiger partial charge in [0.05, 0.1) is 6.10 Å². The van der Waals surface area contributed by atoms with Gasteiger partial charge in [0.25, 0.3) is 0 Å². The second kappa shape index (κ2) is 5.55. The highest BCUT2D eigenvalue weighted by Crippen LogP contribution is 2.43. The van der Waals surface area contributed by atoms with Gasteiger partial charge in [0, 0.05) is 12.6 Å². The molecule has 0 aliphatic heterocycles. The van der Waals surface area contributed by atoms with Crippen molar-refractivity contribution in [1.82, 2.24) is 9.97 Å². The van der Waals surface area contributed by atoms with E-state index >= 15 is 0 Å². The van der Waals surface area contributed by atoms with E-state index in [1.165, 1.54) is 25.7 Å². The molecule has 1 N–H and O–H groups in total. The molecule has 0 spiro atoms. The molecule has 0 unspecified atom stereocenters. The van der Waals surface area contributed by atoms with E-state index < -0.39 is 0 Å². The average molecular weight is 249 g/mol. The van der Waals surface area contributed by atoms with E-state index in [1.54, 1.807) is 6.33 Å². The lowest BCUT2D eigenvalue weighted by molar-refractivity contribution is 0.145. The lowest BCUT2D eigenvalue weighted by Crippen LogP contribution is -2.36. The zero-order chi connectivity index (χ0) is 13.0. The van der Waals surface area contributed by atoms with Gasteiger partial charge in [0.2, 0.25) is 5.88 Å². The monoisotopic (exact) mass is 249 g/mol. The summed E-state index contributed by atoms with van der Waals surface area (Å²) in [4.78, 5) is 8.35. The molecule has 1 fully saturated rings. The van der Waals surface area contributed by atoms with Crippen molar-refractivity contribution in [1.29, 1.82) is 0 Å². The highest BCUT2D eigenvalue weighted by Gasteiger charge is 2.34. The van der Waals surface area contributed by atoms with Gasteiger partial charge in [-0.3, -0.25) is 0 Å². The van der Waals surface area contributed by atoms with Crippen LogP contribution in [0.2, 0.25) is 0 Å². The van der Waals surface area contributed by atoms with Crippen molar-refractivity contribution in [2.24, 2.45) is 5.41 Å². The molecule has 1 aromatic rings. The van der Waals surface area contributed by atoms with Crippen molar-refractivity contribution < 1.29 is 4.74 Å². The van der Waals surface area contributed by atoms with E-state index in [2.05, 4.69) is 22.2 Å². The molecular weight excluding hydrogens is 226 g/mol. The summed E-state index contributed by atoms with van der Waals surface area (Å²) in [5.41, 5.74) is 0.490. The molecule has 4 heteroatoms. The molecule has 0 amide bonds. The highest BCUT2D eigenvalue weighted by molar-refractivity contribution is 5.37. The molecule has 1 saturated carbocycles. The quantitative estimate of drug-likeness (QED) is 0.840. The summed E-state index contributed by atoms with van der Waals surface area (Å²) in [5, 5.41) is 3.42. The van der Waals surface area contributed by atoms with Crippen LogP contribution in [0.1, 0.15) is 46.5 Å². The first-order chi connectivity index (χ1) is 8.63. The molecular formula is C14H23N3O. The molecule has 0 atom stereocenters. The first kappa shape index (κ1) is 13.1. The van der Waals surface area contributed by atoms with Gasteiger partial charge < -0.3 is 10.1 Å². The smallest absolute Gasteiger partial charge is 0.218 e. The predicted molar refractivity (Wildman–Crippen MR) is 72.9 cm³/mol. The third-order valence-electron chi connectivity index (χ3n) is 3.81. The summed E-state index contributed by atoms with van der Waals surface area (Å²) in [6, 6.07) is 1.88. The molecule has 0 radical (unpaired) electrons. The fourth-order valence-corrected chi connectivity index (χ4v) is 2.35. The van der Waals surface area contributed by atoms with Crippen molar-refractivity contribution in [2.45, 2.75) is 52.6 Å². The van der Waals surface area contributed by atoms with Gasteiger partial charge in [-0.1, -0.05) is 13.3 Å². The van der Waals surface area contributed by atoms with Crippen LogP contribution in [0.15, 0.2) is 12.4 Å². The summed E-state index contributed by atoms with van der Waals surface area (Å²) in [5.74, 6) is 1.50. The normalized spacial score (nSPS) is 17.3. The number of hydrogen-bond acceptors (Lipinski definition) is 4. The lowest BCUT2D eigenvalue weighted by atomic mass is 9.67. The Morgan fingerprint density at radius 1 is 1.39 bits per heavy atom. The van der Waals surface area contributed by atoms with Crippen LogP contribution in [0, 0.1) is 5.41 Å². The van der Waals surface area contributed by atoms with Crippen LogP contribution in [0.5, 0.6) is 5.88 Å². The van der Waals surface area contributed by atoms with Crippen LogP contribution in [0.3, 0.4) is 0 Å². The van der Waals surface area contributed by atoms with Crippen molar-refractivity contribution in [3.63, 3.8) is 0 Å². The van der Waals surface area contributed by atoms with Gasteiger partial charge in [-0.25, -0.2) is 9.97 Å². The van der Waals surface area contributed by atoms with Gasteiger partial charge in [0.1, 0.15) is 12.1 Å². The number of nitrogens with zero attached hydrogens (tertiary/aromatic N) is 2. The Morgan fingerprint density at radius 3 is 2.72 bits per heavy atom. The van der Waals surface area contributed by atoms with Crippen LogP contribution in [-0.4, -0.2) is 22.6 Å². The maximum Gasteiger partial charge on any atom is 0.218 e. The Morgan fingerprint density at radius 2 is 2.17 bits per heavy atom. The topological polar surface area (TPSA) is 47.0 Å². The van der Waals surface area contributed by atoms with Crippen molar-refractivity contribution in [2.75, 3.05) is 11.9 Å². The fraction of sp³-hybridized carbons (Fsp3) is 0.714. The van der Waals surface area contributed by atoms with E-state index in [1.807, 2.05) is 19.9 Å². The molecule has 1 aromatic heterocycles. The number of ether oxygens (including phenoxy) is 1. The Hall–Kier alpha value is -1.32. The number of hydrogen-bond donors (Lipinski definition) is 1. The van der Waals surface area contributed by atoms with Crippen LogP contribution in [0.4, 0.5) is 5.82 Å². The first-order valence-corrected chi connectivity index (χ1v) is 6.86. The molecule has 0 saturated heterocycles. The molecule has 1 heterocycles. The second-order valence-electron chi connectivity index (χ2n) is 5.47. The number of aromatic nitrogens is 2. The zero-order valence-electron chi connectivity index (χ0n) is 11.6. The minimum Gasteiger partial charge on any atom is -0.475 e. The van der Waals surface area contributed by atoms with Gasteiger partial charge in [0.15, 0.2) is 0 Å². The third kappa shape index (κ3) is 3.12. The highest BCUT2D eigenvalue weighted by atomic mass is 16.5. The number of anilines is 1. The molecule has 1 aliphatic rings. The Kier molecular flexibility index (Phi) is 4.04. The van der Waals surface area contributed by atoms with Crippen LogP contribution in [0.25, 0.3) is 0 Å². The van der Waals surface area contributed by atoms with Crippen LogP contribution < -0.4 is 10.1 Å². The largest absolute Gasteiger partial charge is 0.475 e. The molecule has 0 bridgehead atoms. The molecule has 0 aromatic carbocycles. The SMILES string of the molecule is CCC1(CNc2cc(OC(C)C)ncn2)CCC1. The molecule has 2 rings (SSSR count). The van der Waals surface area contributed by atoms with Crippen LogP contribution in [-0.2, 0) is 0 Å². The van der Waals surface area contributed by atoms with Gasteiger partial charge in [-0.15, -0.1) is 0 Å². The minimum absolute atomic E-state index is 0.140. The summed E-state index contributed by atoms with van der Waals surface area (Å²) in [6.45, 7) is 7.26. The van der Waals surface area contributed by atoms with Crippen LogP contribution >= 0.6 is 0 Å². The van der Waals surface area contributed by atoms with Crippen molar-refractivity contribution in [3.8, 4) is 5.88 Å². The average Bonchev–Trinajstić information content (AvgIpc) is 2.28. The van der Waals surface area contributed by atoms with E-state index in [0.29, 0.717) is 11.3 Å². The molecule has 1 aliphatic carbocycles. The Balaban J connectivity index is 1.92. The molecule has 18 heavy (non-hydrogen) atoms. The maximum absolute atomic E-state index is 5.56. The number of nitrogens with one attached hydrogen (secondary N) is 1. The second-order valence-corrected chi connectivity index (χ2v) is 5.47. The fourth-order valence-electron chi connectivity index (χ4n) is 2.35. The predicted octanol–water partition coefficient (Wildman–Crippen LogP) is 3.26. The van der Waals surface area contributed by atoms with E-state index in [4.69, 9.17) is 4.74 Å². The van der Waals surface area contributed by atoms with E-state index in [9.17, 15) is 0 Å². The molecule has 100 valence electrons. The van der Waals surface area contributed by atoms with E-state index in [0.717, 1.165) is 12.4 Å². The Labute approximate surface area is 109 Å². The third-order valence-corrected chi connectivity index (χ3v) is 3.81. The summed E-state index contributed by atoms with van der Waals surface area (Å²) in [6.07, 6.45) is 6.95. The summed E-state index contributed by atoms with van der Waals surface area (Å²) < 4.78 is 5.56. The summed E-state index contributed by atoms with van der Waals surface area (Å²) in [7, 11) is 0. The molecule has 4 nitrogen and oxygen atoms in total. The summed E-state index contributed by atoms with van der Waals surface area (Å²) >= 11 is 0. The minimum atomic E-state index is 0.140. The standard InChI is InChI=1S/C14H23N3O/c1-4-14(6-5-7-14)9-15-12-8-13(17-10-16-12)18-11(2)3/h8,10-11H,4-7,9H2,1-3H3,(H,15,16,17). The van der Waals surface area contributed by atoms with Crippen molar-refractivity contribution in [3.05, 3.63) is 12.4 Å². The Bertz CT molecular complexity index is 383. The van der Waals surface area contributed by atoms with Gasteiger partial charge in [-0.05, 0) is 38.5 Å². The van der Waals surface area contributed by atoms with Gasteiger partial charge in [-0.2, -0.15) is 0 Å². The number of rotatable bonds is 6. The first-order valence-electron chi connectivity index (χ1n) is 6.86.